The van der Waals surface area contributed by atoms with Crippen LogP contribution in [0.5, 0.6) is 5.75 Å². The van der Waals surface area contributed by atoms with E-state index >= 15 is 0 Å². The number of carbonyl (C=O) groups is 1. The fraction of sp³-hybridized carbons (Fsp3) is 0.400. The number of amides is 1. The molecule has 0 aromatic heterocycles. The van der Waals surface area contributed by atoms with Gasteiger partial charge in [-0.05, 0) is 60.9 Å². The van der Waals surface area contributed by atoms with E-state index in [2.05, 4.69) is 10.5 Å². The van der Waals surface area contributed by atoms with Crippen LogP contribution in [0.2, 0.25) is 0 Å². The minimum atomic E-state index is -0.360. The van der Waals surface area contributed by atoms with Gasteiger partial charge in [0.05, 0.1) is 5.56 Å². The SMILES string of the molecule is C/C(=N\NC(=O)c1cc2ccccc2cc1O)C1CC2CCC1C2. The van der Waals surface area contributed by atoms with Crippen LogP contribution >= 0.6 is 0 Å². The van der Waals surface area contributed by atoms with Crippen molar-refractivity contribution in [2.75, 3.05) is 0 Å². The summed E-state index contributed by atoms with van der Waals surface area (Å²) in [5, 5.41) is 16.3. The predicted octanol–water partition coefficient (Wildman–Crippen LogP) is 4.09. The predicted molar refractivity (Wildman–Crippen MR) is 95.1 cm³/mol. The molecule has 2 aromatic rings. The average molecular weight is 322 g/mol. The third-order valence-electron chi connectivity index (χ3n) is 5.72. The normalized spacial score (nSPS) is 26.0. The molecular weight excluding hydrogens is 300 g/mol. The number of hydrazone groups is 1. The fourth-order valence-corrected chi connectivity index (χ4v) is 4.45. The van der Waals surface area contributed by atoms with E-state index < -0.39 is 0 Å². The second kappa shape index (κ2) is 5.93. The Labute approximate surface area is 141 Å². The molecule has 4 nitrogen and oxygen atoms in total. The Balaban J connectivity index is 1.52. The maximum absolute atomic E-state index is 12.4. The highest BCUT2D eigenvalue weighted by Crippen LogP contribution is 2.48. The summed E-state index contributed by atoms with van der Waals surface area (Å²) < 4.78 is 0. The van der Waals surface area contributed by atoms with E-state index in [1.165, 1.54) is 25.7 Å². The summed E-state index contributed by atoms with van der Waals surface area (Å²) in [6.07, 6.45) is 5.17. The van der Waals surface area contributed by atoms with Crippen LogP contribution < -0.4 is 5.43 Å². The number of hydrogen-bond acceptors (Lipinski definition) is 3. The van der Waals surface area contributed by atoms with Crippen LogP contribution in [-0.2, 0) is 0 Å². The maximum Gasteiger partial charge on any atom is 0.275 e. The van der Waals surface area contributed by atoms with Gasteiger partial charge in [0, 0.05) is 11.6 Å². The van der Waals surface area contributed by atoms with Crippen molar-refractivity contribution < 1.29 is 9.90 Å². The molecular formula is C20H22N2O2. The lowest BCUT2D eigenvalue weighted by atomic mass is 9.86. The molecule has 24 heavy (non-hydrogen) atoms. The molecule has 2 aliphatic carbocycles. The summed E-state index contributed by atoms with van der Waals surface area (Å²) in [5.41, 5.74) is 3.90. The molecule has 2 fully saturated rings. The second-order valence-corrected chi connectivity index (χ2v) is 7.19. The number of aromatic hydroxyl groups is 1. The van der Waals surface area contributed by atoms with Crippen molar-refractivity contribution in [1.29, 1.82) is 0 Å². The molecule has 0 heterocycles. The third-order valence-corrected chi connectivity index (χ3v) is 5.72. The summed E-state index contributed by atoms with van der Waals surface area (Å²) in [5.74, 6) is 1.73. The van der Waals surface area contributed by atoms with Crippen molar-refractivity contribution in [3.63, 3.8) is 0 Å². The van der Waals surface area contributed by atoms with Crippen LogP contribution in [0.4, 0.5) is 0 Å². The molecule has 1 amide bonds. The van der Waals surface area contributed by atoms with E-state index in [0.29, 0.717) is 5.92 Å². The van der Waals surface area contributed by atoms with Gasteiger partial charge in [-0.3, -0.25) is 4.79 Å². The van der Waals surface area contributed by atoms with Gasteiger partial charge in [0.25, 0.3) is 5.91 Å². The summed E-state index contributed by atoms with van der Waals surface area (Å²) in [6.45, 7) is 2.01. The lowest BCUT2D eigenvalue weighted by Gasteiger charge is -2.21. The molecule has 2 N–H and O–H groups in total. The number of benzene rings is 2. The highest BCUT2D eigenvalue weighted by Gasteiger charge is 2.40. The highest BCUT2D eigenvalue weighted by molar-refractivity contribution is 6.02. The Kier molecular flexibility index (Phi) is 3.75. The van der Waals surface area contributed by atoms with E-state index in [4.69, 9.17) is 0 Å². The first-order valence-corrected chi connectivity index (χ1v) is 8.68. The number of phenolic OH excluding ortho intramolecular Hbond substituents is 1. The van der Waals surface area contributed by atoms with Crippen molar-refractivity contribution in [3.05, 3.63) is 42.0 Å². The second-order valence-electron chi connectivity index (χ2n) is 7.19. The molecule has 2 saturated carbocycles. The Morgan fingerprint density at radius 3 is 2.58 bits per heavy atom. The number of carbonyl (C=O) groups excluding carboxylic acids is 1. The van der Waals surface area contributed by atoms with Gasteiger partial charge in [-0.15, -0.1) is 0 Å². The fourth-order valence-electron chi connectivity index (χ4n) is 4.45. The zero-order chi connectivity index (χ0) is 16.7. The third kappa shape index (κ3) is 2.66. The largest absolute Gasteiger partial charge is 0.507 e. The van der Waals surface area contributed by atoms with Crippen LogP contribution in [0.15, 0.2) is 41.5 Å². The van der Waals surface area contributed by atoms with E-state index in [1.807, 2.05) is 31.2 Å². The van der Waals surface area contributed by atoms with Gasteiger partial charge < -0.3 is 5.11 Å². The number of phenols is 1. The van der Waals surface area contributed by atoms with Gasteiger partial charge in [0.15, 0.2) is 0 Å². The molecule has 4 rings (SSSR count). The molecule has 2 bridgehead atoms. The lowest BCUT2D eigenvalue weighted by Crippen LogP contribution is -2.24. The van der Waals surface area contributed by atoms with Crippen LogP contribution in [0.25, 0.3) is 10.8 Å². The molecule has 2 aliphatic rings. The van der Waals surface area contributed by atoms with Gasteiger partial charge in [-0.1, -0.05) is 30.7 Å². The van der Waals surface area contributed by atoms with Crippen LogP contribution in [0, 0.1) is 17.8 Å². The first-order valence-electron chi connectivity index (χ1n) is 8.68. The number of rotatable bonds is 3. The van der Waals surface area contributed by atoms with E-state index in [-0.39, 0.29) is 17.2 Å². The van der Waals surface area contributed by atoms with Crippen molar-refractivity contribution in [2.45, 2.75) is 32.6 Å². The standard InChI is InChI=1S/C20H22N2O2/c1-12(17-9-13-6-7-16(17)8-13)21-22-20(24)18-10-14-4-2-3-5-15(14)11-19(18)23/h2-5,10-11,13,16-17,23H,6-9H2,1H3,(H,22,24)/b21-12+. The number of nitrogens with zero attached hydrogens (tertiary/aromatic N) is 1. The zero-order valence-electron chi connectivity index (χ0n) is 13.8. The smallest absolute Gasteiger partial charge is 0.275 e. The maximum atomic E-state index is 12.4. The van der Waals surface area contributed by atoms with Crippen LogP contribution in [0.1, 0.15) is 43.0 Å². The molecule has 0 radical (unpaired) electrons. The van der Waals surface area contributed by atoms with Crippen molar-refractivity contribution in [3.8, 4) is 5.75 Å². The zero-order valence-corrected chi connectivity index (χ0v) is 13.8. The average Bonchev–Trinajstić information content (AvgIpc) is 3.22. The van der Waals surface area contributed by atoms with E-state index in [9.17, 15) is 9.90 Å². The van der Waals surface area contributed by atoms with Gasteiger partial charge >= 0.3 is 0 Å². The van der Waals surface area contributed by atoms with Gasteiger partial charge in [0.2, 0.25) is 0 Å². The molecule has 0 spiro atoms. The number of fused-ring (bicyclic) bond motifs is 3. The quantitative estimate of drug-likeness (QED) is 0.660. The van der Waals surface area contributed by atoms with Crippen molar-refractivity contribution in [1.82, 2.24) is 5.43 Å². The summed E-state index contributed by atoms with van der Waals surface area (Å²) >= 11 is 0. The highest BCUT2D eigenvalue weighted by atomic mass is 16.3. The van der Waals surface area contributed by atoms with Crippen LogP contribution in [0.3, 0.4) is 0 Å². The molecule has 3 atom stereocenters. The number of hydrogen-bond donors (Lipinski definition) is 2. The summed E-state index contributed by atoms with van der Waals surface area (Å²) in [4.78, 5) is 12.4. The molecule has 0 aliphatic heterocycles. The Bertz CT molecular complexity index is 827. The molecule has 3 unspecified atom stereocenters. The molecule has 0 saturated heterocycles. The van der Waals surface area contributed by atoms with Crippen molar-refractivity contribution in [2.24, 2.45) is 22.9 Å². The first kappa shape index (κ1) is 15.2. The monoisotopic (exact) mass is 322 g/mol. The summed E-state index contributed by atoms with van der Waals surface area (Å²) in [6, 6.07) is 11.0. The minimum absolute atomic E-state index is 0.0148. The Morgan fingerprint density at radius 1 is 1.17 bits per heavy atom. The topological polar surface area (TPSA) is 61.7 Å². The lowest BCUT2D eigenvalue weighted by molar-refractivity contribution is 0.0952. The van der Waals surface area contributed by atoms with Gasteiger partial charge in [-0.2, -0.15) is 5.10 Å². The first-order chi connectivity index (χ1) is 11.6. The Morgan fingerprint density at radius 2 is 1.92 bits per heavy atom. The summed E-state index contributed by atoms with van der Waals surface area (Å²) in [7, 11) is 0. The minimum Gasteiger partial charge on any atom is -0.507 e. The van der Waals surface area contributed by atoms with Crippen molar-refractivity contribution >= 4 is 22.4 Å². The van der Waals surface area contributed by atoms with E-state index in [0.717, 1.165) is 28.3 Å². The Hall–Kier alpha value is -2.36. The van der Waals surface area contributed by atoms with E-state index in [1.54, 1.807) is 12.1 Å². The number of nitrogens with one attached hydrogen (secondary N) is 1. The van der Waals surface area contributed by atoms with Gasteiger partial charge in [0.1, 0.15) is 5.75 Å². The molecule has 124 valence electrons. The molecule has 2 aromatic carbocycles. The van der Waals surface area contributed by atoms with Gasteiger partial charge in [-0.25, -0.2) is 5.43 Å². The molecule has 4 heteroatoms. The van der Waals surface area contributed by atoms with Crippen LogP contribution in [-0.4, -0.2) is 16.7 Å².